The zero-order valence-electron chi connectivity index (χ0n) is 12.2. The van der Waals surface area contributed by atoms with Gasteiger partial charge in [0.15, 0.2) is 0 Å². The van der Waals surface area contributed by atoms with E-state index in [1.165, 1.54) is 0 Å². The first-order chi connectivity index (χ1) is 9.09. The van der Waals surface area contributed by atoms with Crippen molar-refractivity contribution in [1.29, 1.82) is 0 Å². The summed E-state index contributed by atoms with van der Waals surface area (Å²) in [6, 6.07) is 2.23. The van der Waals surface area contributed by atoms with Crippen molar-refractivity contribution < 1.29 is 17.5 Å². The van der Waals surface area contributed by atoms with Gasteiger partial charge < -0.3 is 10.5 Å². The Labute approximate surface area is 119 Å². The van der Waals surface area contributed by atoms with Crippen LogP contribution in [0.1, 0.15) is 26.3 Å². The van der Waals surface area contributed by atoms with Crippen LogP contribution in [0.3, 0.4) is 0 Å². The maximum atomic E-state index is 13.8. The number of rotatable bonds is 6. The number of nitrogens with one attached hydrogen (secondary N) is 1. The Morgan fingerprint density at radius 1 is 1.40 bits per heavy atom. The monoisotopic (exact) mass is 304 g/mol. The first kappa shape index (κ1) is 16.9. The van der Waals surface area contributed by atoms with Crippen LogP contribution < -0.4 is 10.5 Å². The Hall–Kier alpha value is -1.18. The van der Waals surface area contributed by atoms with Gasteiger partial charge in [-0.2, -0.15) is 0 Å². The molecule has 0 bridgehead atoms. The van der Waals surface area contributed by atoms with Gasteiger partial charge in [-0.15, -0.1) is 0 Å². The molecule has 0 fully saturated rings. The number of benzene rings is 1. The van der Waals surface area contributed by atoms with Crippen molar-refractivity contribution in [2.24, 2.45) is 0 Å². The van der Waals surface area contributed by atoms with Crippen LogP contribution in [0.5, 0.6) is 0 Å². The van der Waals surface area contributed by atoms with Crippen molar-refractivity contribution in [2.45, 2.75) is 38.2 Å². The minimum Gasteiger partial charge on any atom is -0.398 e. The lowest BCUT2D eigenvalue weighted by Crippen LogP contribution is -2.40. The van der Waals surface area contributed by atoms with E-state index in [-0.39, 0.29) is 12.2 Å². The molecular weight excluding hydrogens is 283 g/mol. The lowest BCUT2D eigenvalue weighted by molar-refractivity contribution is -0.00516. The Bertz CT molecular complexity index is 586. The molecule has 0 atom stereocenters. The van der Waals surface area contributed by atoms with Gasteiger partial charge in [-0.05, 0) is 45.4 Å². The van der Waals surface area contributed by atoms with E-state index in [4.69, 9.17) is 10.5 Å². The summed E-state index contributed by atoms with van der Waals surface area (Å²) in [5.74, 6) is -0.821. The fourth-order valence-corrected chi connectivity index (χ4v) is 2.95. The smallest absolute Gasteiger partial charge is 0.243 e. The van der Waals surface area contributed by atoms with Gasteiger partial charge in [0, 0.05) is 18.8 Å². The van der Waals surface area contributed by atoms with Gasteiger partial charge in [0.1, 0.15) is 10.7 Å². The molecule has 0 heterocycles. The van der Waals surface area contributed by atoms with Crippen LogP contribution in [-0.4, -0.2) is 27.2 Å². The maximum Gasteiger partial charge on any atom is 0.243 e. The van der Waals surface area contributed by atoms with Gasteiger partial charge in [0.05, 0.1) is 5.60 Å². The van der Waals surface area contributed by atoms with Crippen molar-refractivity contribution in [3.63, 3.8) is 0 Å². The first-order valence-corrected chi connectivity index (χ1v) is 7.76. The van der Waals surface area contributed by atoms with Gasteiger partial charge in [-0.25, -0.2) is 17.5 Å². The molecule has 1 rings (SSSR count). The normalized spacial score (nSPS) is 12.7. The quantitative estimate of drug-likeness (QED) is 0.785. The highest BCUT2D eigenvalue weighted by atomic mass is 32.2. The second-order valence-corrected chi connectivity index (χ2v) is 6.89. The highest BCUT2D eigenvalue weighted by molar-refractivity contribution is 7.89. The SMILES string of the molecule is CCOC(C)(C)CNS(=O)(=O)c1cc(N)c(C)cc1F. The number of nitrogens with two attached hydrogens (primary N) is 1. The number of halogens is 1. The van der Waals surface area contributed by atoms with Gasteiger partial charge >= 0.3 is 0 Å². The maximum absolute atomic E-state index is 13.8. The molecular formula is C13H21FN2O3S. The molecule has 0 saturated heterocycles. The van der Waals surface area contributed by atoms with Gasteiger partial charge in [0.25, 0.3) is 0 Å². The summed E-state index contributed by atoms with van der Waals surface area (Å²) in [6.45, 7) is 7.42. The van der Waals surface area contributed by atoms with Crippen LogP contribution in [0, 0.1) is 12.7 Å². The number of ether oxygens (including phenoxy) is 1. The lowest BCUT2D eigenvalue weighted by atomic mass is 10.1. The summed E-state index contributed by atoms with van der Waals surface area (Å²) in [5.41, 5.74) is 5.69. The highest BCUT2D eigenvalue weighted by Crippen LogP contribution is 2.21. The van der Waals surface area contributed by atoms with E-state index in [9.17, 15) is 12.8 Å². The van der Waals surface area contributed by atoms with Crippen LogP contribution in [0.25, 0.3) is 0 Å². The molecule has 0 radical (unpaired) electrons. The third-order valence-corrected chi connectivity index (χ3v) is 4.25. The van der Waals surface area contributed by atoms with E-state index in [0.717, 1.165) is 12.1 Å². The minimum absolute atomic E-state index is 0.0381. The molecule has 0 aromatic heterocycles. The number of aryl methyl sites for hydroxylation is 1. The summed E-state index contributed by atoms with van der Waals surface area (Å²) >= 11 is 0. The summed E-state index contributed by atoms with van der Waals surface area (Å²) < 4.78 is 45.7. The van der Waals surface area contributed by atoms with E-state index in [0.29, 0.717) is 12.2 Å². The fourth-order valence-electron chi connectivity index (χ4n) is 1.66. The molecule has 5 nitrogen and oxygen atoms in total. The molecule has 1 aromatic carbocycles. The minimum atomic E-state index is -3.97. The summed E-state index contributed by atoms with van der Waals surface area (Å²) in [4.78, 5) is -0.451. The lowest BCUT2D eigenvalue weighted by Gasteiger charge is -2.24. The largest absolute Gasteiger partial charge is 0.398 e. The molecule has 0 aliphatic rings. The van der Waals surface area contributed by atoms with Crippen molar-refractivity contribution in [3.05, 3.63) is 23.5 Å². The Kier molecular flexibility index (Phi) is 5.12. The van der Waals surface area contributed by atoms with E-state index < -0.39 is 26.3 Å². The molecule has 20 heavy (non-hydrogen) atoms. The summed E-state index contributed by atoms with van der Waals surface area (Å²) in [6.07, 6.45) is 0. The highest BCUT2D eigenvalue weighted by Gasteiger charge is 2.25. The number of hydrogen-bond acceptors (Lipinski definition) is 4. The molecule has 0 amide bonds. The van der Waals surface area contributed by atoms with Gasteiger partial charge in [0.2, 0.25) is 10.0 Å². The van der Waals surface area contributed by atoms with Crippen molar-refractivity contribution in [2.75, 3.05) is 18.9 Å². The van der Waals surface area contributed by atoms with Gasteiger partial charge in [-0.1, -0.05) is 0 Å². The summed E-state index contributed by atoms with van der Waals surface area (Å²) in [5, 5.41) is 0. The van der Waals surface area contributed by atoms with E-state index in [1.807, 2.05) is 6.92 Å². The first-order valence-electron chi connectivity index (χ1n) is 6.28. The molecule has 0 spiro atoms. The Morgan fingerprint density at radius 2 is 2.00 bits per heavy atom. The number of sulfonamides is 1. The topological polar surface area (TPSA) is 81.4 Å². The zero-order chi connectivity index (χ0) is 15.6. The second kappa shape index (κ2) is 6.07. The van der Waals surface area contributed by atoms with Crippen LogP contribution in [0.4, 0.5) is 10.1 Å². The van der Waals surface area contributed by atoms with E-state index in [1.54, 1.807) is 20.8 Å². The predicted molar refractivity (Wildman–Crippen MR) is 76.4 cm³/mol. The Balaban J connectivity index is 2.98. The Morgan fingerprint density at radius 3 is 2.55 bits per heavy atom. The number of anilines is 1. The van der Waals surface area contributed by atoms with E-state index in [2.05, 4.69) is 4.72 Å². The molecule has 0 aliphatic carbocycles. The van der Waals surface area contributed by atoms with Crippen LogP contribution in [-0.2, 0) is 14.8 Å². The summed E-state index contributed by atoms with van der Waals surface area (Å²) in [7, 11) is -3.97. The average Bonchev–Trinajstić information content (AvgIpc) is 2.31. The molecule has 0 aliphatic heterocycles. The van der Waals surface area contributed by atoms with Crippen LogP contribution >= 0.6 is 0 Å². The fraction of sp³-hybridized carbons (Fsp3) is 0.538. The van der Waals surface area contributed by atoms with Crippen LogP contribution in [0.2, 0.25) is 0 Å². The molecule has 0 unspecified atom stereocenters. The molecule has 7 heteroatoms. The zero-order valence-corrected chi connectivity index (χ0v) is 13.0. The van der Waals surface area contributed by atoms with Crippen molar-refractivity contribution in [3.8, 4) is 0 Å². The van der Waals surface area contributed by atoms with Gasteiger partial charge in [-0.3, -0.25) is 0 Å². The number of nitrogen functional groups attached to an aromatic ring is 1. The molecule has 0 saturated carbocycles. The molecule has 3 N–H and O–H groups in total. The molecule has 114 valence electrons. The van der Waals surface area contributed by atoms with Crippen molar-refractivity contribution in [1.82, 2.24) is 4.72 Å². The third-order valence-electron chi connectivity index (χ3n) is 2.83. The number of hydrogen-bond donors (Lipinski definition) is 2. The van der Waals surface area contributed by atoms with E-state index >= 15 is 0 Å². The predicted octanol–water partition coefficient (Wildman–Crippen LogP) is 1.81. The average molecular weight is 304 g/mol. The molecule has 1 aromatic rings. The third kappa shape index (κ3) is 4.16. The second-order valence-electron chi connectivity index (χ2n) is 5.16. The van der Waals surface area contributed by atoms with Crippen LogP contribution in [0.15, 0.2) is 17.0 Å². The van der Waals surface area contributed by atoms with Crippen molar-refractivity contribution >= 4 is 15.7 Å². The standard InChI is InChI=1S/C13H21FN2O3S/c1-5-19-13(3,4)8-16-20(17,18)12-7-11(15)9(2)6-10(12)14/h6-7,16H,5,8,15H2,1-4H3.